The van der Waals surface area contributed by atoms with Crippen molar-refractivity contribution in [2.75, 3.05) is 20.1 Å². The Labute approximate surface area is 110 Å². The first-order valence-corrected chi connectivity index (χ1v) is 6.32. The number of hydrogen-bond acceptors (Lipinski definition) is 2. The lowest BCUT2D eigenvalue weighted by Crippen LogP contribution is -2.41. The number of alkyl halides is 3. The molecule has 19 heavy (non-hydrogen) atoms. The molecule has 106 valence electrons. The predicted octanol–water partition coefficient (Wildman–Crippen LogP) is 2.93. The van der Waals surface area contributed by atoms with Gasteiger partial charge in [-0.05, 0) is 50.1 Å². The van der Waals surface area contributed by atoms with Crippen LogP contribution in [0.2, 0.25) is 0 Å². The van der Waals surface area contributed by atoms with Gasteiger partial charge in [0.05, 0.1) is 11.2 Å². The van der Waals surface area contributed by atoms with Gasteiger partial charge >= 0.3 is 6.18 Å². The number of benzene rings is 1. The molecule has 1 fully saturated rings. The standard InChI is InChI=1S/C14H18F3NO/c1-10-9-11(14(15,16)17)3-4-12(10)13(19)5-7-18(2)8-6-13/h3-4,9,19H,5-8H2,1-2H3. The minimum atomic E-state index is -4.33. The van der Waals surface area contributed by atoms with E-state index in [2.05, 4.69) is 4.90 Å². The molecule has 1 aromatic rings. The molecule has 1 saturated heterocycles. The molecule has 0 amide bonds. The molecule has 1 heterocycles. The summed E-state index contributed by atoms with van der Waals surface area (Å²) >= 11 is 0. The highest BCUT2D eigenvalue weighted by molar-refractivity contribution is 5.36. The normalized spacial score (nSPS) is 20.5. The highest BCUT2D eigenvalue weighted by atomic mass is 19.4. The van der Waals surface area contributed by atoms with Crippen LogP contribution in [0.15, 0.2) is 18.2 Å². The van der Waals surface area contributed by atoms with Crippen molar-refractivity contribution >= 4 is 0 Å². The number of likely N-dealkylation sites (tertiary alicyclic amines) is 1. The van der Waals surface area contributed by atoms with Crippen molar-refractivity contribution in [2.45, 2.75) is 31.5 Å². The predicted molar refractivity (Wildman–Crippen MR) is 66.8 cm³/mol. The fourth-order valence-corrected chi connectivity index (χ4v) is 2.62. The minimum absolute atomic E-state index is 0.502. The Morgan fingerprint density at radius 3 is 2.26 bits per heavy atom. The molecule has 0 spiro atoms. The molecule has 0 atom stereocenters. The molecule has 2 nitrogen and oxygen atoms in total. The van der Waals surface area contributed by atoms with Gasteiger partial charge in [-0.2, -0.15) is 13.2 Å². The van der Waals surface area contributed by atoms with E-state index in [1.165, 1.54) is 6.07 Å². The molecule has 2 rings (SSSR count). The average Bonchev–Trinajstić information content (AvgIpc) is 2.32. The van der Waals surface area contributed by atoms with Crippen LogP contribution in [0, 0.1) is 6.92 Å². The molecule has 0 bridgehead atoms. The third kappa shape index (κ3) is 2.92. The van der Waals surface area contributed by atoms with E-state index in [4.69, 9.17) is 0 Å². The van der Waals surface area contributed by atoms with E-state index in [9.17, 15) is 18.3 Å². The lowest BCUT2D eigenvalue weighted by Gasteiger charge is -2.37. The number of halogens is 3. The maximum absolute atomic E-state index is 12.6. The van der Waals surface area contributed by atoms with Crippen LogP contribution in [0.25, 0.3) is 0 Å². The van der Waals surface area contributed by atoms with Gasteiger partial charge in [0.15, 0.2) is 0 Å². The lowest BCUT2D eigenvalue weighted by molar-refractivity contribution is -0.137. The van der Waals surface area contributed by atoms with Gasteiger partial charge in [-0.25, -0.2) is 0 Å². The smallest absolute Gasteiger partial charge is 0.385 e. The summed E-state index contributed by atoms with van der Waals surface area (Å²) in [4.78, 5) is 2.11. The first-order chi connectivity index (χ1) is 8.72. The van der Waals surface area contributed by atoms with Crippen LogP contribution in [0.3, 0.4) is 0 Å². The fourth-order valence-electron chi connectivity index (χ4n) is 2.62. The number of piperidine rings is 1. The zero-order valence-corrected chi connectivity index (χ0v) is 11.1. The van der Waals surface area contributed by atoms with Gasteiger partial charge < -0.3 is 10.0 Å². The van der Waals surface area contributed by atoms with Crippen molar-refractivity contribution in [1.29, 1.82) is 0 Å². The second-order valence-electron chi connectivity index (χ2n) is 5.36. The summed E-state index contributed by atoms with van der Waals surface area (Å²) in [5, 5.41) is 10.6. The van der Waals surface area contributed by atoms with Crippen molar-refractivity contribution in [3.05, 3.63) is 34.9 Å². The second-order valence-corrected chi connectivity index (χ2v) is 5.36. The van der Waals surface area contributed by atoms with E-state index in [1.54, 1.807) is 6.92 Å². The molecule has 0 radical (unpaired) electrons. The molecule has 1 N–H and O–H groups in total. The number of hydrogen-bond donors (Lipinski definition) is 1. The highest BCUT2D eigenvalue weighted by Gasteiger charge is 2.36. The third-order valence-electron chi connectivity index (χ3n) is 3.87. The summed E-state index contributed by atoms with van der Waals surface area (Å²) in [6.07, 6.45) is -3.23. The SMILES string of the molecule is Cc1cc(C(F)(F)F)ccc1C1(O)CCN(C)CC1. The van der Waals surface area contributed by atoms with Crippen LogP contribution in [0.5, 0.6) is 0 Å². The van der Waals surface area contributed by atoms with E-state index in [0.717, 1.165) is 25.2 Å². The van der Waals surface area contributed by atoms with Gasteiger partial charge in [-0.1, -0.05) is 6.07 Å². The largest absolute Gasteiger partial charge is 0.416 e. The number of aryl methyl sites for hydroxylation is 1. The molecule has 1 aliphatic heterocycles. The molecule has 0 unspecified atom stereocenters. The van der Waals surface area contributed by atoms with Crippen molar-refractivity contribution in [2.24, 2.45) is 0 Å². The Morgan fingerprint density at radius 2 is 1.79 bits per heavy atom. The highest BCUT2D eigenvalue weighted by Crippen LogP contribution is 2.37. The van der Waals surface area contributed by atoms with Crippen LogP contribution in [-0.2, 0) is 11.8 Å². The molecular weight excluding hydrogens is 255 g/mol. The van der Waals surface area contributed by atoms with E-state index in [1.807, 2.05) is 7.05 Å². The fraction of sp³-hybridized carbons (Fsp3) is 0.571. The molecule has 0 aliphatic carbocycles. The Hall–Kier alpha value is -1.07. The van der Waals surface area contributed by atoms with Crippen LogP contribution in [-0.4, -0.2) is 30.1 Å². The van der Waals surface area contributed by atoms with E-state index in [-0.39, 0.29) is 0 Å². The van der Waals surface area contributed by atoms with E-state index >= 15 is 0 Å². The van der Waals surface area contributed by atoms with Gasteiger partial charge in [0.25, 0.3) is 0 Å². The molecule has 0 saturated carbocycles. The van der Waals surface area contributed by atoms with Gasteiger partial charge in [0.2, 0.25) is 0 Å². The summed E-state index contributed by atoms with van der Waals surface area (Å²) < 4.78 is 37.9. The summed E-state index contributed by atoms with van der Waals surface area (Å²) in [6, 6.07) is 3.59. The summed E-state index contributed by atoms with van der Waals surface area (Å²) in [7, 11) is 1.97. The molecule has 1 aliphatic rings. The molecule has 1 aromatic carbocycles. The van der Waals surface area contributed by atoms with Gasteiger partial charge in [0.1, 0.15) is 0 Å². The second kappa shape index (κ2) is 4.80. The first kappa shape index (κ1) is 14.3. The Balaban J connectivity index is 2.31. The first-order valence-electron chi connectivity index (χ1n) is 6.32. The summed E-state index contributed by atoms with van der Waals surface area (Å²) in [5.41, 5.74) is -0.540. The van der Waals surface area contributed by atoms with Crippen LogP contribution >= 0.6 is 0 Å². The maximum atomic E-state index is 12.6. The molecule has 5 heteroatoms. The Morgan fingerprint density at radius 1 is 1.21 bits per heavy atom. The zero-order chi connectivity index (χ0) is 14.3. The summed E-state index contributed by atoms with van der Waals surface area (Å²) in [6.45, 7) is 3.12. The van der Waals surface area contributed by atoms with Crippen LogP contribution in [0.4, 0.5) is 13.2 Å². The van der Waals surface area contributed by atoms with Crippen molar-refractivity contribution < 1.29 is 18.3 Å². The van der Waals surface area contributed by atoms with Crippen molar-refractivity contribution in [3.63, 3.8) is 0 Å². The average molecular weight is 273 g/mol. The quantitative estimate of drug-likeness (QED) is 0.850. The van der Waals surface area contributed by atoms with Crippen molar-refractivity contribution in [1.82, 2.24) is 4.90 Å². The van der Waals surface area contributed by atoms with Crippen LogP contribution < -0.4 is 0 Å². The summed E-state index contributed by atoms with van der Waals surface area (Å²) in [5.74, 6) is 0. The zero-order valence-electron chi connectivity index (χ0n) is 11.1. The number of rotatable bonds is 1. The Bertz CT molecular complexity index is 462. The monoisotopic (exact) mass is 273 g/mol. The van der Waals surface area contributed by atoms with Gasteiger partial charge in [0, 0.05) is 13.1 Å². The third-order valence-corrected chi connectivity index (χ3v) is 3.87. The van der Waals surface area contributed by atoms with Gasteiger partial charge in [-0.15, -0.1) is 0 Å². The topological polar surface area (TPSA) is 23.5 Å². The van der Waals surface area contributed by atoms with Gasteiger partial charge in [-0.3, -0.25) is 0 Å². The van der Waals surface area contributed by atoms with Crippen molar-refractivity contribution in [3.8, 4) is 0 Å². The lowest BCUT2D eigenvalue weighted by atomic mass is 9.82. The Kier molecular flexibility index (Phi) is 3.62. The minimum Gasteiger partial charge on any atom is -0.385 e. The molecule has 0 aromatic heterocycles. The van der Waals surface area contributed by atoms with E-state index in [0.29, 0.717) is 24.0 Å². The van der Waals surface area contributed by atoms with E-state index < -0.39 is 17.3 Å². The number of aliphatic hydroxyl groups is 1. The molecular formula is C14H18F3NO. The maximum Gasteiger partial charge on any atom is 0.416 e. The van der Waals surface area contributed by atoms with Crippen LogP contribution in [0.1, 0.15) is 29.5 Å². The number of nitrogens with zero attached hydrogens (tertiary/aromatic N) is 1.